The largest absolute Gasteiger partial charge is 0.494 e. The molecule has 1 atom stereocenters. The maximum Gasteiger partial charge on any atom is 0.119 e. The van der Waals surface area contributed by atoms with Crippen LogP contribution in [-0.2, 0) is 0 Å². The number of hydrogen-bond donors (Lipinski definition) is 1. The summed E-state index contributed by atoms with van der Waals surface area (Å²) < 4.78 is 5.87. The average Bonchev–Trinajstić information content (AvgIpc) is 2.35. The van der Waals surface area contributed by atoms with E-state index in [4.69, 9.17) is 4.74 Å². The minimum Gasteiger partial charge on any atom is -0.494 e. The van der Waals surface area contributed by atoms with Crippen molar-refractivity contribution in [2.45, 2.75) is 53.5 Å². The van der Waals surface area contributed by atoms with Crippen molar-refractivity contribution in [3.63, 3.8) is 0 Å². The number of rotatable bonds is 7. The van der Waals surface area contributed by atoms with E-state index in [9.17, 15) is 0 Å². The molecule has 1 unspecified atom stereocenters. The Labute approximate surface area is 118 Å². The molecule has 0 aliphatic heterocycles. The zero-order valence-electron chi connectivity index (χ0n) is 13.1. The SMILES string of the molecule is CCNC(CC)c1cccc(OCCC(C)(C)C)c1. The van der Waals surface area contributed by atoms with Crippen LogP contribution in [0.2, 0.25) is 0 Å². The van der Waals surface area contributed by atoms with Crippen LogP contribution >= 0.6 is 0 Å². The van der Waals surface area contributed by atoms with E-state index in [1.54, 1.807) is 0 Å². The predicted molar refractivity (Wildman–Crippen MR) is 82.7 cm³/mol. The van der Waals surface area contributed by atoms with E-state index in [1.807, 2.05) is 6.07 Å². The van der Waals surface area contributed by atoms with E-state index >= 15 is 0 Å². The zero-order chi connectivity index (χ0) is 14.3. The van der Waals surface area contributed by atoms with E-state index in [0.717, 1.165) is 31.7 Å². The molecule has 0 aliphatic rings. The maximum atomic E-state index is 5.87. The lowest BCUT2D eigenvalue weighted by Crippen LogP contribution is -2.20. The molecule has 0 radical (unpaired) electrons. The van der Waals surface area contributed by atoms with Gasteiger partial charge in [0.05, 0.1) is 6.61 Å². The predicted octanol–water partition coefficient (Wildman–Crippen LogP) is 4.56. The molecule has 0 fully saturated rings. The number of hydrogen-bond acceptors (Lipinski definition) is 2. The van der Waals surface area contributed by atoms with Crippen LogP contribution in [0, 0.1) is 5.41 Å². The highest BCUT2D eigenvalue weighted by Crippen LogP contribution is 2.23. The van der Waals surface area contributed by atoms with Crippen molar-refractivity contribution < 1.29 is 4.74 Å². The minimum absolute atomic E-state index is 0.327. The summed E-state index contributed by atoms with van der Waals surface area (Å²) in [5.74, 6) is 0.984. The molecule has 19 heavy (non-hydrogen) atoms. The van der Waals surface area contributed by atoms with Crippen LogP contribution in [0.15, 0.2) is 24.3 Å². The van der Waals surface area contributed by atoms with Gasteiger partial charge in [0, 0.05) is 6.04 Å². The fourth-order valence-corrected chi connectivity index (χ4v) is 2.04. The second-order valence-corrected chi connectivity index (χ2v) is 6.25. The van der Waals surface area contributed by atoms with Gasteiger partial charge in [-0.05, 0) is 42.5 Å². The molecular formula is C17H29NO. The fourth-order valence-electron chi connectivity index (χ4n) is 2.04. The van der Waals surface area contributed by atoms with Crippen molar-refractivity contribution in [2.75, 3.05) is 13.2 Å². The van der Waals surface area contributed by atoms with Gasteiger partial charge in [-0.3, -0.25) is 0 Å². The van der Waals surface area contributed by atoms with Gasteiger partial charge in [0.25, 0.3) is 0 Å². The second kappa shape index (κ2) is 7.54. The Morgan fingerprint density at radius 1 is 1.21 bits per heavy atom. The molecule has 1 N–H and O–H groups in total. The average molecular weight is 263 g/mol. The molecule has 1 rings (SSSR count). The maximum absolute atomic E-state index is 5.87. The van der Waals surface area contributed by atoms with Crippen LogP contribution in [0.25, 0.3) is 0 Å². The first-order chi connectivity index (χ1) is 8.96. The molecule has 0 spiro atoms. The van der Waals surface area contributed by atoms with Gasteiger partial charge in [-0.25, -0.2) is 0 Å². The molecule has 108 valence electrons. The Morgan fingerprint density at radius 2 is 1.95 bits per heavy atom. The first-order valence-electron chi connectivity index (χ1n) is 7.42. The molecule has 2 heteroatoms. The third-order valence-electron chi connectivity index (χ3n) is 3.24. The van der Waals surface area contributed by atoms with Crippen molar-refractivity contribution in [3.8, 4) is 5.75 Å². The number of benzene rings is 1. The minimum atomic E-state index is 0.327. The Morgan fingerprint density at radius 3 is 2.53 bits per heavy atom. The normalized spacial score (nSPS) is 13.3. The van der Waals surface area contributed by atoms with Gasteiger partial charge in [0.2, 0.25) is 0 Å². The molecular weight excluding hydrogens is 234 g/mol. The Hall–Kier alpha value is -1.02. The molecule has 0 saturated carbocycles. The molecule has 0 bridgehead atoms. The van der Waals surface area contributed by atoms with Gasteiger partial charge in [-0.1, -0.05) is 46.8 Å². The highest BCUT2D eigenvalue weighted by atomic mass is 16.5. The number of ether oxygens (including phenoxy) is 1. The molecule has 0 saturated heterocycles. The molecule has 0 amide bonds. The fraction of sp³-hybridized carbons (Fsp3) is 0.647. The third-order valence-corrected chi connectivity index (χ3v) is 3.24. The van der Waals surface area contributed by atoms with Gasteiger partial charge in [0.1, 0.15) is 5.75 Å². The summed E-state index contributed by atoms with van der Waals surface area (Å²) in [5, 5.41) is 3.50. The van der Waals surface area contributed by atoms with Gasteiger partial charge in [-0.15, -0.1) is 0 Å². The van der Waals surface area contributed by atoms with Crippen LogP contribution in [0.3, 0.4) is 0 Å². The van der Waals surface area contributed by atoms with E-state index in [0.29, 0.717) is 11.5 Å². The van der Waals surface area contributed by atoms with Gasteiger partial charge in [-0.2, -0.15) is 0 Å². The van der Waals surface area contributed by atoms with E-state index in [2.05, 4.69) is 58.1 Å². The third kappa shape index (κ3) is 6.11. The number of nitrogens with one attached hydrogen (secondary N) is 1. The van der Waals surface area contributed by atoms with E-state index in [1.165, 1.54) is 5.56 Å². The smallest absolute Gasteiger partial charge is 0.119 e. The summed E-state index contributed by atoms with van der Waals surface area (Å²) >= 11 is 0. The monoisotopic (exact) mass is 263 g/mol. The van der Waals surface area contributed by atoms with Gasteiger partial charge in [0.15, 0.2) is 0 Å². The van der Waals surface area contributed by atoms with Gasteiger partial charge >= 0.3 is 0 Å². The first kappa shape index (κ1) is 16.0. The first-order valence-corrected chi connectivity index (χ1v) is 7.42. The second-order valence-electron chi connectivity index (χ2n) is 6.25. The lowest BCUT2D eigenvalue weighted by molar-refractivity contribution is 0.242. The van der Waals surface area contributed by atoms with Crippen LogP contribution in [0.4, 0.5) is 0 Å². The van der Waals surface area contributed by atoms with Crippen molar-refractivity contribution in [1.82, 2.24) is 5.32 Å². The zero-order valence-corrected chi connectivity index (χ0v) is 13.1. The molecule has 1 aromatic rings. The van der Waals surface area contributed by atoms with Crippen LogP contribution in [-0.4, -0.2) is 13.2 Å². The van der Waals surface area contributed by atoms with Crippen molar-refractivity contribution in [1.29, 1.82) is 0 Å². The van der Waals surface area contributed by atoms with E-state index in [-0.39, 0.29) is 0 Å². The molecule has 2 nitrogen and oxygen atoms in total. The topological polar surface area (TPSA) is 21.3 Å². The molecule has 0 heterocycles. The van der Waals surface area contributed by atoms with Gasteiger partial charge < -0.3 is 10.1 Å². The van der Waals surface area contributed by atoms with Crippen LogP contribution in [0.1, 0.15) is 59.1 Å². The summed E-state index contributed by atoms with van der Waals surface area (Å²) in [6.07, 6.45) is 2.17. The Bertz CT molecular complexity index is 368. The summed E-state index contributed by atoms with van der Waals surface area (Å²) in [7, 11) is 0. The summed E-state index contributed by atoms with van der Waals surface area (Å²) in [5.41, 5.74) is 1.64. The van der Waals surface area contributed by atoms with Crippen LogP contribution in [0.5, 0.6) is 5.75 Å². The molecule has 1 aromatic carbocycles. The van der Waals surface area contributed by atoms with E-state index < -0.39 is 0 Å². The molecule has 0 aliphatic carbocycles. The van der Waals surface area contributed by atoms with Crippen molar-refractivity contribution in [3.05, 3.63) is 29.8 Å². The lowest BCUT2D eigenvalue weighted by atomic mass is 9.93. The Balaban J connectivity index is 2.61. The van der Waals surface area contributed by atoms with Crippen molar-refractivity contribution in [2.24, 2.45) is 5.41 Å². The Kier molecular flexibility index (Phi) is 6.36. The van der Waals surface area contributed by atoms with Crippen molar-refractivity contribution >= 4 is 0 Å². The summed E-state index contributed by atoms with van der Waals surface area (Å²) in [6, 6.07) is 8.90. The molecule has 0 aromatic heterocycles. The quantitative estimate of drug-likeness (QED) is 0.778. The standard InChI is InChI=1S/C17H29NO/c1-6-16(18-7-2)14-9-8-10-15(13-14)19-12-11-17(3,4)5/h8-10,13,16,18H,6-7,11-12H2,1-5H3. The highest BCUT2D eigenvalue weighted by Gasteiger charge is 2.11. The summed E-state index contributed by atoms with van der Waals surface area (Å²) in [6.45, 7) is 12.9. The summed E-state index contributed by atoms with van der Waals surface area (Å²) in [4.78, 5) is 0. The lowest BCUT2D eigenvalue weighted by Gasteiger charge is -2.19. The van der Waals surface area contributed by atoms with Crippen LogP contribution < -0.4 is 10.1 Å². The highest BCUT2D eigenvalue weighted by molar-refractivity contribution is 5.30.